The number of anilines is 2. The van der Waals surface area contributed by atoms with Gasteiger partial charge in [0.05, 0.1) is 11.1 Å². The first-order chi connectivity index (χ1) is 12.0. The first-order valence-electron chi connectivity index (χ1n) is 7.73. The number of nitrogens with zero attached hydrogens (tertiary/aromatic N) is 1. The van der Waals surface area contributed by atoms with E-state index in [9.17, 15) is 14.4 Å². The Labute approximate surface area is 144 Å². The summed E-state index contributed by atoms with van der Waals surface area (Å²) in [6, 6.07) is 15.4. The second-order valence-corrected chi connectivity index (χ2v) is 5.69. The van der Waals surface area contributed by atoms with Crippen LogP contribution in [0, 0.1) is 0 Å². The molecular weight excluding hydrogens is 318 g/mol. The average Bonchev–Trinajstić information content (AvgIpc) is 2.59. The molecule has 1 heterocycles. The third kappa shape index (κ3) is 3.42. The van der Waals surface area contributed by atoms with Crippen LogP contribution >= 0.6 is 0 Å². The predicted molar refractivity (Wildman–Crippen MR) is 97.9 cm³/mol. The summed E-state index contributed by atoms with van der Waals surface area (Å²) in [5.41, 5.74) is 1.99. The normalized spacial score (nSPS) is 10.5. The first-order valence-corrected chi connectivity index (χ1v) is 7.73. The lowest BCUT2D eigenvalue weighted by atomic mass is 10.1. The van der Waals surface area contributed by atoms with E-state index in [1.54, 1.807) is 37.4 Å². The number of amides is 2. The number of aryl methyl sites for hydroxylation is 1. The number of benzene rings is 2. The molecule has 0 spiro atoms. The smallest absolute Gasteiger partial charge is 0.256 e. The van der Waals surface area contributed by atoms with Crippen molar-refractivity contribution in [1.82, 2.24) is 4.57 Å². The molecule has 0 bridgehead atoms. The van der Waals surface area contributed by atoms with Crippen LogP contribution in [0.25, 0.3) is 10.9 Å². The summed E-state index contributed by atoms with van der Waals surface area (Å²) >= 11 is 0. The van der Waals surface area contributed by atoms with Crippen LogP contribution < -0.4 is 16.2 Å². The molecule has 0 saturated carbocycles. The number of rotatable bonds is 3. The molecule has 3 rings (SSSR count). The third-order valence-corrected chi connectivity index (χ3v) is 3.86. The van der Waals surface area contributed by atoms with Gasteiger partial charge in [-0.15, -0.1) is 0 Å². The number of para-hydroxylation sites is 1. The Kier molecular flexibility index (Phi) is 4.35. The Morgan fingerprint density at radius 3 is 2.16 bits per heavy atom. The summed E-state index contributed by atoms with van der Waals surface area (Å²) in [4.78, 5) is 35.8. The number of carbonyl (C=O) groups excluding carboxylic acids is 2. The molecule has 25 heavy (non-hydrogen) atoms. The lowest BCUT2D eigenvalue weighted by Crippen LogP contribution is -2.21. The fraction of sp³-hybridized carbons (Fsp3) is 0.105. The van der Waals surface area contributed by atoms with Crippen molar-refractivity contribution >= 4 is 34.1 Å². The largest absolute Gasteiger partial charge is 0.326 e. The van der Waals surface area contributed by atoms with Crippen molar-refractivity contribution in [1.29, 1.82) is 0 Å². The molecule has 0 atom stereocenters. The van der Waals surface area contributed by atoms with Gasteiger partial charge in [-0.25, -0.2) is 0 Å². The summed E-state index contributed by atoms with van der Waals surface area (Å²) in [5, 5.41) is 6.14. The average molecular weight is 335 g/mol. The fourth-order valence-electron chi connectivity index (χ4n) is 2.64. The van der Waals surface area contributed by atoms with Crippen molar-refractivity contribution < 1.29 is 9.59 Å². The Morgan fingerprint density at radius 2 is 1.52 bits per heavy atom. The highest BCUT2D eigenvalue weighted by molar-refractivity contribution is 6.12. The van der Waals surface area contributed by atoms with E-state index in [0.29, 0.717) is 27.8 Å². The van der Waals surface area contributed by atoms with Gasteiger partial charge in [-0.1, -0.05) is 18.2 Å². The molecule has 2 N–H and O–H groups in total. The van der Waals surface area contributed by atoms with Crippen molar-refractivity contribution in [2.45, 2.75) is 6.92 Å². The molecule has 0 saturated heterocycles. The minimum Gasteiger partial charge on any atom is -0.326 e. The van der Waals surface area contributed by atoms with E-state index in [1.807, 2.05) is 18.2 Å². The number of pyridine rings is 1. The van der Waals surface area contributed by atoms with Gasteiger partial charge >= 0.3 is 0 Å². The van der Waals surface area contributed by atoms with Crippen molar-refractivity contribution in [2.75, 3.05) is 10.6 Å². The van der Waals surface area contributed by atoms with Gasteiger partial charge in [-0.3, -0.25) is 14.4 Å². The molecule has 1 aromatic heterocycles. The number of nitrogens with one attached hydrogen (secondary N) is 2. The standard InChI is InChI=1S/C19H17N3O3/c1-12(23)20-13-7-9-14(10-8-13)21-19(25)16-11-18(24)22(2)17-6-4-3-5-15(16)17/h3-11H,1-2H3,(H,20,23)(H,21,25). The van der Waals surface area contributed by atoms with Crippen molar-refractivity contribution in [3.63, 3.8) is 0 Å². The number of fused-ring (bicyclic) bond motifs is 1. The van der Waals surface area contributed by atoms with E-state index < -0.39 is 0 Å². The zero-order valence-electron chi connectivity index (χ0n) is 13.9. The van der Waals surface area contributed by atoms with Crippen LogP contribution in [0.15, 0.2) is 59.4 Å². The topological polar surface area (TPSA) is 80.2 Å². The van der Waals surface area contributed by atoms with Crippen LogP contribution in [0.4, 0.5) is 11.4 Å². The molecule has 3 aromatic rings. The molecule has 0 unspecified atom stereocenters. The Morgan fingerprint density at radius 1 is 0.920 bits per heavy atom. The van der Waals surface area contributed by atoms with Crippen molar-refractivity contribution in [3.8, 4) is 0 Å². The van der Waals surface area contributed by atoms with Gasteiger partial charge in [0.1, 0.15) is 0 Å². The molecular formula is C19H17N3O3. The van der Waals surface area contributed by atoms with Gasteiger partial charge in [0.25, 0.3) is 11.5 Å². The van der Waals surface area contributed by atoms with Crippen LogP contribution in [0.1, 0.15) is 17.3 Å². The van der Waals surface area contributed by atoms with Crippen LogP contribution in [-0.2, 0) is 11.8 Å². The Balaban J connectivity index is 1.92. The van der Waals surface area contributed by atoms with Gasteiger partial charge < -0.3 is 15.2 Å². The van der Waals surface area contributed by atoms with E-state index >= 15 is 0 Å². The molecule has 2 aromatic carbocycles. The SMILES string of the molecule is CC(=O)Nc1ccc(NC(=O)c2cc(=O)n(C)c3ccccc23)cc1. The predicted octanol–water partition coefficient (Wildman–Crippen LogP) is 2.75. The minimum absolute atomic E-state index is 0.164. The van der Waals surface area contributed by atoms with E-state index in [4.69, 9.17) is 0 Å². The molecule has 6 heteroatoms. The van der Waals surface area contributed by atoms with E-state index in [0.717, 1.165) is 0 Å². The van der Waals surface area contributed by atoms with Crippen LogP contribution in [0.3, 0.4) is 0 Å². The maximum Gasteiger partial charge on any atom is 0.256 e. The highest BCUT2D eigenvalue weighted by Gasteiger charge is 2.13. The summed E-state index contributed by atoms with van der Waals surface area (Å²) in [6.07, 6.45) is 0. The van der Waals surface area contributed by atoms with Gasteiger partial charge in [-0.05, 0) is 30.3 Å². The second kappa shape index (κ2) is 6.60. The van der Waals surface area contributed by atoms with Gasteiger partial charge in [0.2, 0.25) is 5.91 Å². The van der Waals surface area contributed by atoms with Gasteiger partial charge in [0, 0.05) is 36.8 Å². The van der Waals surface area contributed by atoms with Crippen LogP contribution in [0.2, 0.25) is 0 Å². The summed E-state index contributed by atoms with van der Waals surface area (Å²) in [7, 11) is 1.67. The summed E-state index contributed by atoms with van der Waals surface area (Å²) in [5.74, 6) is -0.524. The van der Waals surface area contributed by atoms with Crippen LogP contribution in [0.5, 0.6) is 0 Å². The Bertz CT molecular complexity index is 1020. The van der Waals surface area contributed by atoms with E-state index in [-0.39, 0.29) is 17.4 Å². The molecule has 0 aliphatic rings. The molecule has 0 aliphatic carbocycles. The summed E-state index contributed by atoms with van der Waals surface area (Å²) in [6.45, 7) is 1.43. The lowest BCUT2D eigenvalue weighted by molar-refractivity contribution is -0.114. The summed E-state index contributed by atoms with van der Waals surface area (Å²) < 4.78 is 1.51. The molecule has 0 aliphatic heterocycles. The highest BCUT2D eigenvalue weighted by Crippen LogP contribution is 2.19. The fourth-order valence-corrected chi connectivity index (χ4v) is 2.64. The third-order valence-electron chi connectivity index (χ3n) is 3.86. The molecule has 6 nitrogen and oxygen atoms in total. The molecule has 0 radical (unpaired) electrons. The quantitative estimate of drug-likeness (QED) is 0.772. The molecule has 126 valence electrons. The van der Waals surface area contributed by atoms with Gasteiger partial charge in [0.15, 0.2) is 0 Å². The number of hydrogen-bond donors (Lipinski definition) is 2. The van der Waals surface area contributed by atoms with E-state index in [1.165, 1.54) is 17.6 Å². The second-order valence-electron chi connectivity index (χ2n) is 5.69. The van der Waals surface area contributed by atoms with E-state index in [2.05, 4.69) is 10.6 Å². The van der Waals surface area contributed by atoms with Crippen LogP contribution in [-0.4, -0.2) is 16.4 Å². The number of aromatic nitrogens is 1. The molecule has 2 amide bonds. The maximum atomic E-state index is 12.6. The Hall–Kier alpha value is -3.41. The number of hydrogen-bond acceptors (Lipinski definition) is 3. The zero-order chi connectivity index (χ0) is 18.0. The monoisotopic (exact) mass is 335 g/mol. The maximum absolute atomic E-state index is 12.6. The number of carbonyl (C=O) groups is 2. The van der Waals surface area contributed by atoms with Crippen molar-refractivity contribution in [3.05, 3.63) is 70.5 Å². The van der Waals surface area contributed by atoms with Gasteiger partial charge in [-0.2, -0.15) is 0 Å². The minimum atomic E-state index is -0.360. The zero-order valence-corrected chi connectivity index (χ0v) is 13.9. The highest BCUT2D eigenvalue weighted by atomic mass is 16.2. The molecule has 0 fully saturated rings. The van der Waals surface area contributed by atoms with Crippen molar-refractivity contribution in [2.24, 2.45) is 7.05 Å². The lowest BCUT2D eigenvalue weighted by Gasteiger charge is -2.11. The first kappa shape index (κ1) is 16.4.